The van der Waals surface area contributed by atoms with Crippen LogP contribution in [0.3, 0.4) is 0 Å². The fourth-order valence-electron chi connectivity index (χ4n) is 7.12. The molecule has 1 aromatic heterocycles. The Morgan fingerprint density at radius 3 is 1.64 bits per heavy atom. The molecule has 0 fully saturated rings. The van der Waals surface area contributed by atoms with Crippen LogP contribution in [-0.2, 0) is 0 Å². The van der Waals surface area contributed by atoms with Crippen molar-refractivity contribution in [3.05, 3.63) is 152 Å². The predicted molar refractivity (Wildman–Crippen MR) is 177 cm³/mol. The Kier molecular flexibility index (Phi) is 4.97. The largest absolute Gasteiger partial charge is 0.256 e. The molecule has 0 amide bonds. The molecule has 0 bridgehead atoms. The van der Waals surface area contributed by atoms with Gasteiger partial charge in [0.25, 0.3) is 0 Å². The summed E-state index contributed by atoms with van der Waals surface area (Å²) in [6, 6.07) is 52.9. The van der Waals surface area contributed by atoms with Gasteiger partial charge in [0, 0.05) is 11.6 Å². The average molecular weight is 532 g/mol. The van der Waals surface area contributed by atoms with Gasteiger partial charge in [0.2, 0.25) is 0 Å². The van der Waals surface area contributed by atoms with E-state index in [-0.39, 0.29) is 0 Å². The third-order valence-electron chi connectivity index (χ3n) is 8.82. The Bertz CT molecular complexity index is 2330. The van der Waals surface area contributed by atoms with Gasteiger partial charge in [0.05, 0.1) is 5.52 Å². The molecule has 8 aromatic rings. The summed E-state index contributed by atoms with van der Waals surface area (Å²) >= 11 is 0. The molecule has 7 aromatic carbocycles. The summed E-state index contributed by atoms with van der Waals surface area (Å²) in [4.78, 5) is 4.65. The van der Waals surface area contributed by atoms with Crippen LogP contribution >= 0.6 is 0 Å². The lowest BCUT2D eigenvalue weighted by atomic mass is 9.82. The second-order valence-corrected chi connectivity index (χ2v) is 11.1. The Morgan fingerprint density at radius 2 is 0.952 bits per heavy atom. The van der Waals surface area contributed by atoms with Crippen molar-refractivity contribution in [3.8, 4) is 55.6 Å². The molecule has 1 aliphatic rings. The third-order valence-corrected chi connectivity index (χ3v) is 8.82. The third kappa shape index (κ3) is 3.28. The van der Waals surface area contributed by atoms with Crippen molar-refractivity contribution in [2.24, 2.45) is 0 Å². The molecule has 0 N–H and O–H groups in total. The molecule has 1 heterocycles. The molecule has 0 unspecified atom stereocenters. The van der Waals surface area contributed by atoms with Gasteiger partial charge in [-0.15, -0.1) is 0 Å². The second kappa shape index (κ2) is 8.99. The maximum absolute atomic E-state index is 4.65. The van der Waals surface area contributed by atoms with Crippen molar-refractivity contribution in [2.45, 2.75) is 0 Å². The van der Waals surface area contributed by atoms with Crippen LogP contribution in [0.15, 0.2) is 152 Å². The maximum atomic E-state index is 4.65. The summed E-state index contributed by atoms with van der Waals surface area (Å²) in [6.07, 6.45) is 1.93. The quantitative estimate of drug-likeness (QED) is 0.221. The molecule has 0 saturated carbocycles. The zero-order chi connectivity index (χ0) is 27.6. The normalized spacial score (nSPS) is 11.8. The minimum atomic E-state index is 1.02. The average Bonchev–Trinajstić information content (AvgIpc) is 3.38. The van der Waals surface area contributed by atoms with Crippen molar-refractivity contribution in [1.82, 2.24) is 4.98 Å². The molecule has 0 aliphatic heterocycles. The van der Waals surface area contributed by atoms with Crippen LogP contribution in [0.5, 0.6) is 0 Å². The van der Waals surface area contributed by atoms with Crippen molar-refractivity contribution < 1.29 is 0 Å². The van der Waals surface area contributed by atoms with Crippen LogP contribution in [-0.4, -0.2) is 4.98 Å². The minimum absolute atomic E-state index is 1.02. The highest BCUT2D eigenvalue weighted by Gasteiger charge is 2.31. The summed E-state index contributed by atoms with van der Waals surface area (Å²) in [7, 11) is 0. The van der Waals surface area contributed by atoms with Gasteiger partial charge in [0.15, 0.2) is 0 Å². The monoisotopic (exact) mass is 531 g/mol. The molecule has 1 nitrogen and oxygen atoms in total. The van der Waals surface area contributed by atoms with E-state index in [2.05, 4.69) is 151 Å². The molecule has 0 atom stereocenters. The zero-order valence-electron chi connectivity index (χ0n) is 22.9. The van der Waals surface area contributed by atoms with Gasteiger partial charge in [-0.25, -0.2) is 0 Å². The first kappa shape index (κ1) is 23.2. The van der Waals surface area contributed by atoms with Crippen molar-refractivity contribution in [2.75, 3.05) is 0 Å². The van der Waals surface area contributed by atoms with E-state index in [9.17, 15) is 0 Å². The highest BCUT2D eigenvalue weighted by molar-refractivity contribution is 6.28. The Balaban J connectivity index is 1.48. The summed E-state index contributed by atoms with van der Waals surface area (Å²) in [5, 5.41) is 6.33. The second-order valence-electron chi connectivity index (χ2n) is 11.1. The standard InChI is InChI=1S/C41H25N/c1-3-12-26(13-4-1)38-32-18-7-8-19-33(32)39(27-14-5-2-6-15-27)41-35-25-29(24-28-16-11-20-34(37(28)35)40(38)41)30-22-23-42-36-21-10-9-17-31(30)36/h1-25H. The smallest absolute Gasteiger partial charge is 0.0708 e. The topological polar surface area (TPSA) is 12.9 Å². The van der Waals surface area contributed by atoms with Crippen LogP contribution in [0, 0.1) is 0 Å². The lowest BCUT2D eigenvalue weighted by Crippen LogP contribution is -1.93. The summed E-state index contributed by atoms with van der Waals surface area (Å²) in [5.41, 5.74) is 13.8. The number of hydrogen-bond acceptors (Lipinski definition) is 1. The molecule has 0 spiro atoms. The molecule has 0 saturated heterocycles. The van der Waals surface area contributed by atoms with E-state index < -0.39 is 0 Å². The molecule has 9 rings (SSSR count). The van der Waals surface area contributed by atoms with Crippen molar-refractivity contribution >= 4 is 32.4 Å². The highest BCUT2D eigenvalue weighted by Crippen LogP contribution is 2.58. The summed E-state index contributed by atoms with van der Waals surface area (Å²) in [5.74, 6) is 0. The molecular formula is C41H25N. The van der Waals surface area contributed by atoms with Crippen LogP contribution in [0.25, 0.3) is 88.1 Å². The molecule has 42 heavy (non-hydrogen) atoms. The van der Waals surface area contributed by atoms with Crippen LogP contribution in [0.4, 0.5) is 0 Å². The van der Waals surface area contributed by atoms with Gasteiger partial charge in [-0.2, -0.15) is 0 Å². The number of pyridine rings is 1. The Hall–Kier alpha value is -5.53. The maximum Gasteiger partial charge on any atom is 0.0708 e. The number of rotatable bonds is 3. The number of aromatic nitrogens is 1. The van der Waals surface area contributed by atoms with Gasteiger partial charge >= 0.3 is 0 Å². The van der Waals surface area contributed by atoms with Crippen LogP contribution in [0.2, 0.25) is 0 Å². The van der Waals surface area contributed by atoms with Crippen molar-refractivity contribution in [3.63, 3.8) is 0 Å². The van der Waals surface area contributed by atoms with E-state index in [1.54, 1.807) is 0 Å². The Labute approximate surface area is 244 Å². The first-order valence-corrected chi connectivity index (χ1v) is 14.5. The number of para-hydroxylation sites is 1. The minimum Gasteiger partial charge on any atom is -0.256 e. The zero-order valence-corrected chi connectivity index (χ0v) is 22.9. The van der Waals surface area contributed by atoms with Gasteiger partial charge < -0.3 is 0 Å². The molecular weight excluding hydrogens is 506 g/mol. The highest BCUT2D eigenvalue weighted by atomic mass is 14.6. The van der Waals surface area contributed by atoms with E-state index in [0.717, 1.165) is 5.52 Å². The van der Waals surface area contributed by atoms with E-state index in [1.165, 1.54) is 82.6 Å². The number of fused-ring (bicyclic) bond motifs is 5. The number of benzene rings is 7. The predicted octanol–water partition coefficient (Wildman–Crippen LogP) is 11.2. The van der Waals surface area contributed by atoms with Gasteiger partial charge in [0.1, 0.15) is 0 Å². The van der Waals surface area contributed by atoms with Gasteiger partial charge in [-0.05, 0) is 101 Å². The molecule has 1 aliphatic carbocycles. The van der Waals surface area contributed by atoms with E-state index in [4.69, 9.17) is 0 Å². The molecule has 1 heteroatoms. The van der Waals surface area contributed by atoms with E-state index in [0.29, 0.717) is 0 Å². The lowest BCUT2D eigenvalue weighted by Gasteiger charge is -2.20. The Morgan fingerprint density at radius 1 is 0.357 bits per heavy atom. The molecule has 194 valence electrons. The molecule has 0 radical (unpaired) electrons. The first-order chi connectivity index (χ1) is 20.9. The van der Waals surface area contributed by atoms with E-state index in [1.807, 2.05) is 6.20 Å². The summed E-state index contributed by atoms with van der Waals surface area (Å²) < 4.78 is 0. The SMILES string of the molecule is c1ccc(-c2c3c(c(-c4ccccc4)c4ccccc24)-c2cc(-c4ccnc5ccccc45)cc4cccc-3c24)cc1. The van der Waals surface area contributed by atoms with Crippen molar-refractivity contribution in [1.29, 1.82) is 0 Å². The van der Waals surface area contributed by atoms with Gasteiger partial charge in [-0.3, -0.25) is 4.98 Å². The fraction of sp³-hybridized carbons (Fsp3) is 0. The van der Waals surface area contributed by atoms with Crippen LogP contribution < -0.4 is 0 Å². The first-order valence-electron chi connectivity index (χ1n) is 14.5. The van der Waals surface area contributed by atoms with E-state index >= 15 is 0 Å². The fourth-order valence-corrected chi connectivity index (χ4v) is 7.12. The van der Waals surface area contributed by atoms with Crippen LogP contribution in [0.1, 0.15) is 0 Å². The summed E-state index contributed by atoms with van der Waals surface area (Å²) in [6.45, 7) is 0. The number of nitrogens with zero attached hydrogens (tertiary/aromatic N) is 1. The van der Waals surface area contributed by atoms with Gasteiger partial charge in [-0.1, -0.05) is 121 Å². The lowest BCUT2D eigenvalue weighted by molar-refractivity contribution is 1.41. The number of hydrogen-bond donors (Lipinski definition) is 0.